The molecule has 0 unspecified atom stereocenters. The van der Waals surface area contributed by atoms with Crippen LogP contribution in [0.5, 0.6) is 0 Å². The van der Waals surface area contributed by atoms with Crippen LogP contribution in [0.2, 0.25) is 0 Å². The van der Waals surface area contributed by atoms with Gasteiger partial charge in [0, 0.05) is 5.92 Å². The number of aryl methyl sites for hydroxylation is 4. The van der Waals surface area contributed by atoms with Gasteiger partial charge in [-0.1, -0.05) is 81.4 Å². The van der Waals surface area contributed by atoms with Gasteiger partial charge in [-0.2, -0.15) is 0 Å². The largest absolute Gasteiger partial charge is 0.0690 e. The minimum absolute atomic E-state index is 0.357. The van der Waals surface area contributed by atoms with Crippen LogP contribution in [0.15, 0.2) is 59.2 Å². The molecule has 0 spiro atoms. The zero-order valence-electron chi connectivity index (χ0n) is 15.8. The van der Waals surface area contributed by atoms with Crippen molar-refractivity contribution in [3.8, 4) is 0 Å². The summed E-state index contributed by atoms with van der Waals surface area (Å²) in [6, 6.07) is 14.0. The molecule has 3 rings (SSSR count). The highest BCUT2D eigenvalue weighted by molar-refractivity contribution is 5.51. The molecule has 0 saturated carbocycles. The summed E-state index contributed by atoms with van der Waals surface area (Å²) in [5.74, 6) is 0.357. The molecule has 0 heterocycles. The number of allylic oxidation sites excluding steroid dienone is 4. The lowest BCUT2D eigenvalue weighted by Crippen LogP contribution is -2.07. The zero-order chi connectivity index (χ0) is 17.4. The van der Waals surface area contributed by atoms with Gasteiger partial charge in [0.15, 0.2) is 0 Å². The highest BCUT2D eigenvalue weighted by atomic mass is 14.3. The molecule has 0 radical (unpaired) electrons. The number of rotatable bonds is 3. The standard InChI is InChI=1S/C24H28/c1-15-7-16(2)11-21(10-15)24(23-14-19(5)9-20(23)6)22-12-17(3)8-18(4)13-22/h7-13,24H,14H2,1-6H3. The lowest BCUT2D eigenvalue weighted by Gasteiger charge is -2.23. The Balaban J connectivity index is 2.20. The summed E-state index contributed by atoms with van der Waals surface area (Å²) in [6.07, 6.45) is 3.45. The minimum atomic E-state index is 0.357. The first-order valence-electron chi connectivity index (χ1n) is 8.86. The average molecular weight is 316 g/mol. The number of benzene rings is 2. The fraction of sp³-hybridized carbons (Fsp3) is 0.333. The zero-order valence-corrected chi connectivity index (χ0v) is 15.8. The normalized spacial score (nSPS) is 14.5. The van der Waals surface area contributed by atoms with Gasteiger partial charge >= 0.3 is 0 Å². The molecule has 0 bridgehead atoms. The Labute approximate surface area is 146 Å². The maximum atomic E-state index is 2.36. The predicted molar refractivity (Wildman–Crippen MR) is 105 cm³/mol. The van der Waals surface area contributed by atoms with Crippen molar-refractivity contribution in [1.82, 2.24) is 0 Å². The second-order valence-corrected chi connectivity index (χ2v) is 7.65. The molecule has 1 aliphatic rings. The SMILES string of the molecule is CC1=CC(C)=C(C(c2cc(C)cc(C)c2)c2cc(C)cc(C)c2)C1. The van der Waals surface area contributed by atoms with E-state index in [-0.39, 0.29) is 0 Å². The quantitative estimate of drug-likeness (QED) is 0.589. The third kappa shape index (κ3) is 3.38. The van der Waals surface area contributed by atoms with Crippen LogP contribution in [0.4, 0.5) is 0 Å². The minimum Gasteiger partial charge on any atom is -0.0690 e. The summed E-state index contributed by atoms with van der Waals surface area (Å²) in [4.78, 5) is 0. The molecular weight excluding hydrogens is 288 g/mol. The van der Waals surface area contributed by atoms with Crippen molar-refractivity contribution in [3.05, 3.63) is 92.6 Å². The lowest BCUT2D eigenvalue weighted by atomic mass is 9.80. The van der Waals surface area contributed by atoms with E-state index in [9.17, 15) is 0 Å². The van der Waals surface area contributed by atoms with Crippen LogP contribution in [0.3, 0.4) is 0 Å². The Hall–Kier alpha value is -2.08. The maximum absolute atomic E-state index is 2.36. The monoisotopic (exact) mass is 316 g/mol. The second-order valence-electron chi connectivity index (χ2n) is 7.65. The van der Waals surface area contributed by atoms with Gasteiger partial charge in [0.1, 0.15) is 0 Å². The molecule has 0 fully saturated rings. The van der Waals surface area contributed by atoms with Gasteiger partial charge < -0.3 is 0 Å². The molecule has 1 aliphatic carbocycles. The summed E-state index contributed by atoms with van der Waals surface area (Å²) >= 11 is 0. The van der Waals surface area contributed by atoms with Gasteiger partial charge in [-0.25, -0.2) is 0 Å². The molecule has 24 heavy (non-hydrogen) atoms. The molecular formula is C24H28. The van der Waals surface area contributed by atoms with Gasteiger partial charge in [-0.3, -0.25) is 0 Å². The molecule has 0 saturated heterocycles. The van der Waals surface area contributed by atoms with Crippen molar-refractivity contribution < 1.29 is 0 Å². The Morgan fingerprint density at radius 2 is 1.04 bits per heavy atom. The maximum Gasteiger partial charge on any atom is 0.0308 e. The Kier molecular flexibility index (Phi) is 4.49. The van der Waals surface area contributed by atoms with Gasteiger partial charge in [0.05, 0.1) is 0 Å². The van der Waals surface area contributed by atoms with E-state index in [1.807, 2.05) is 0 Å². The Morgan fingerprint density at radius 1 is 0.625 bits per heavy atom. The van der Waals surface area contributed by atoms with E-state index in [1.54, 1.807) is 5.57 Å². The summed E-state index contributed by atoms with van der Waals surface area (Å²) in [6.45, 7) is 13.3. The van der Waals surface area contributed by atoms with Crippen LogP contribution in [0.1, 0.15) is 59.6 Å². The summed E-state index contributed by atoms with van der Waals surface area (Å²) in [5.41, 5.74) is 12.7. The lowest BCUT2D eigenvalue weighted by molar-refractivity contribution is 0.888. The van der Waals surface area contributed by atoms with E-state index >= 15 is 0 Å². The van der Waals surface area contributed by atoms with Gasteiger partial charge in [-0.05, 0) is 59.1 Å². The van der Waals surface area contributed by atoms with Crippen molar-refractivity contribution in [2.24, 2.45) is 0 Å². The third-order valence-corrected chi connectivity index (χ3v) is 4.94. The van der Waals surface area contributed by atoms with E-state index in [0.717, 1.165) is 6.42 Å². The summed E-state index contributed by atoms with van der Waals surface area (Å²) < 4.78 is 0. The topological polar surface area (TPSA) is 0 Å². The average Bonchev–Trinajstić information content (AvgIpc) is 2.75. The predicted octanol–water partition coefficient (Wildman–Crippen LogP) is 6.72. The van der Waals surface area contributed by atoms with Crippen LogP contribution < -0.4 is 0 Å². The Bertz CT molecular complexity index is 754. The molecule has 0 atom stereocenters. The smallest absolute Gasteiger partial charge is 0.0308 e. The first-order chi connectivity index (χ1) is 11.3. The molecule has 2 aromatic carbocycles. The van der Waals surface area contributed by atoms with Crippen molar-refractivity contribution >= 4 is 0 Å². The van der Waals surface area contributed by atoms with Crippen LogP contribution >= 0.6 is 0 Å². The van der Waals surface area contributed by atoms with Crippen molar-refractivity contribution in [2.75, 3.05) is 0 Å². The van der Waals surface area contributed by atoms with Crippen LogP contribution in [0, 0.1) is 27.7 Å². The van der Waals surface area contributed by atoms with Crippen molar-refractivity contribution in [2.45, 2.75) is 53.9 Å². The fourth-order valence-corrected chi connectivity index (χ4v) is 4.23. The molecule has 124 valence electrons. The second kappa shape index (κ2) is 6.43. The van der Waals surface area contributed by atoms with Gasteiger partial charge in [0.2, 0.25) is 0 Å². The molecule has 2 aromatic rings. The van der Waals surface area contributed by atoms with E-state index in [0.29, 0.717) is 5.92 Å². The molecule has 0 N–H and O–H groups in total. The van der Waals surface area contributed by atoms with Gasteiger partial charge in [-0.15, -0.1) is 0 Å². The summed E-state index contributed by atoms with van der Waals surface area (Å²) in [7, 11) is 0. The fourth-order valence-electron chi connectivity index (χ4n) is 4.23. The third-order valence-electron chi connectivity index (χ3n) is 4.94. The first-order valence-corrected chi connectivity index (χ1v) is 8.86. The van der Waals surface area contributed by atoms with Crippen LogP contribution in [-0.2, 0) is 0 Å². The van der Waals surface area contributed by atoms with Crippen molar-refractivity contribution in [3.63, 3.8) is 0 Å². The number of hydrogen-bond donors (Lipinski definition) is 0. The molecule has 0 heteroatoms. The number of hydrogen-bond acceptors (Lipinski definition) is 0. The Morgan fingerprint density at radius 3 is 1.38 bits per heavy atom. The van der Waals surface area contributed by atoms with E-state index in [2.05, 4.69) is 84.0 Å². The van der Waals surface area contributed by atoms with E-state index < -0.39 is 0 Å². The highest BCUT2D eigenvalue weighted by Gasteiger charge is 2.24. The molecule has 0 nitrogen and oxygen atoms in total. The molecule has 0 aliphatic heterocycles. The van der Waals surface area contributed by atoms with Crippen LogP contribution in [-0.4, -0.2) is 0 Å². The van der Waals surface area contributed by atoms with Crippen molar-refractivity contribution in [1.29, 1.82) is 0 Å². The molecule has 0 amide bonds. The highest BCUT2D eigenvalue weighted by Crippen LogP contribution is 2.41. The van der Waals surface area contributed by atoms with E-state index in [1.165, 1.54) is 44.5 Å². The summed E-state index contributed by atoms with van der Waals surface area (Å²) in [5, 5.41) is 0. The first kappa shape index (κ1) is 16.8. The molecule has 0 aromatic heterocycles. The van der Waals surface area contributed by atoms with E-state index in [4.69, 9.17) is 0 Å². The van der Waals surface area contributed by atoms with Gasteiger partial charge in [0.25, 0.3) is 0 Å². The van der Waals surface area contributed by atoms with Crippen LogP contribution in [0.25, 0.3) is 0 Å².